The smallest absolute Gasteiger partial charge is 0.250 e. The molecule has 1 rings (SSSR count). The van der Waals surface area contributed by atoms with Crippen LogP contribution in [0.5, 0.6) is 0 Å². The molecule has 0 N–H and O–H groups in total. The number of anilines is 1. The summed E-state index contributed by atoms with van der Waals surface area (Å²) in [6.07, 6.45) is 1.67. The number of carbonyl (C=O) groups excluding carboxylic acids is 2. The van der Waals surface area contributed by atoms with Crippen molar-refractivity contribution >= 4 is 17.6 Å². The summed E-state index contributed by atoms with van der Waals surface area (Å²) >= 11 is 0. The second-order valence-corrected chi connectivity index (χ2v) is 2.89. The van der Waals surface area contributed by atoms with E-state index in [1.807, 2.05) is 6.07 Å². The van der Waals surface area contributed by atoms with Crippen molar-refractivity contribution in [2.75, 3.05) is 11.9 Å². The van der Waals surface area contributed by atoms with Gasteiger partial charge >= 0.3 is 0 Å². The van der Waals surface area contributed by atoms with Crippen molar-refractivity contribution in [2.45, 2.75) is 0 Å². The fraction of sp³-hybridized carbons (Fsp3) is 0.0909. The third-order valence-electron chi connectivity index (χ3n) is 1.84. The number of carbonyl (C=O) groups is 2. The van der Waals surface area contributed by atoms with E-state index in [-0.39, 0.29) is 0 Å². The third kappa shape index (κ3) is 3.27. The van der Waals surface area contributed by atoms with E-state index in [1.54, 1.807) is 31.3 Å². The summed E-state index contributed by atoms with van der Waals surface area (Å²) < 4.78 is 0. The molecule has 4 heteroatoms. The maximum atomic E-state index is 11.4. The van der Waals surface area contributed by atoms with Crippen LogP contribution in [0.25, 0.3) is 0 Å². The first-order valence-electron chi connectivity index (χ1n) is 4.33. The zero-order valence-corrected chi connectivity index (χ0v) is 8.21. The van der Waals surface area contributed by atoms with Crippen LogP contribution in [0.15, 0.2) is 42.5 Å². The van der Waals surface area contributed by atoms with Gasteiger partial charge in [-0.15, -0.1) is 0 Å². The molecule has 0 aromatic heterocycles. The highest BCUT2D eigenvalue weighted by Crippen LogP contribution is 2.10. The minimum Gasteiger partial charge on any atom is -0.545 e. The lowest BCUT2D eigenvalue weighted by Crippen LogP contribution is -2.25. The van der Waals surface area contributed by atoms with E-state index in [1.165, 1.54) is 4.90 Å². The molecule has 0 aliphatic rings. The molecule has 0 aliphatic carbocycles. The van der Waals surface area contributed by atoms with E-state index < -0.39 is 11.9 Å². The number of para-hydroxylation sites is 1. The molecule has 0 radical (unpaired) electrons. The van der Waals surface area contributed by atoms with Gasteiger partial charge in [0, 0.05) is 18.8 Å². The lowest BCUT2D eigenvalue weighted by molar-refractivity contribution is -0.297. The second-order valence-electron chi connectivity index (χ2n) is 2.89. The van der Waals surface area contributed by atoms with Crippen molar-refractivity contribution in [3.63, 3.8) is 0 Å². The molecule has 1 aromatic rings. The van der Waals surface area contributed by atoms with Crippen LogP contribution in [0.1, 0.15) is 0 Å². The van der Waals surface area contributed by atoms with Crippen LogP contribution in [0.2, 0.25) is 0 Å². The first kappa shape index (κ1) is 11.0. The maximum Gasteiger partial charge on any atom is 0.250 e. The largest absolute Gasteiger partial charge is 0.545 e. The molecule has 0 aliphatic heterocycles. The molecule has 1 amide bonds. The molecule has 0 atom stereocenters. The topological polar surface area (TPSA) is 60.4 Å². The first-order valence-corrected chi connectivity index (χ1v) is 4.33. The molecule has 0 saturated heterocycles. The molecule has 0 heterocycles. The number of hydrogen-bond donors (Lipinski definition) is 0. The molecule has 4 nitrogen and oxygen atoms in total. The zero-order valence-electron chi connectivity index (χ0n) is 8.21. The van der Waals surface area contributed by atoms with Crippen LogP contribution in [-0.2, 0) is 9.59 Å². The molecule has 0 spiro atoms. The quantitative estimate of drug-likeness (QED) is 0.649. The predicted octanol–water partition coefficient (Wildman–Crippen LogP) is -0.0445. The Morgan fingerprint density at radius 2 is 1.80 bits per heavy atom. The summed E-state index contributed by atoms with van der Waals surface area (Å²) in [5.41, 5.74) is 0.700. The summed E-state index contributed by atoms with van der Waals surface area (Å²) in [5.74, 6) is -1.80. The lowest BCUT2D eigenvalue weighted by atomic mass is 10.3. The Morgan fingerprint density at radius 1 is 1.20 bits per heavy atom. The van der Waals surface area contributed by atoms with Crippen LogP contribution < -0.4 is 10.0 Å². The highest BCUT2D eigenvalue weighted by Gasteiger charge is 2.05. The molecule has 15 heavy (non-hydrogen) atoms. The van der Waals surface area contributed by atoms with Gasteiger partial charge in [0.25, 0.3) is 5.91 Å². The number of benzene rings is 1. The van der Waals surface area contributed by atoms with Gasteiger partial charge in [-0.1, -0.05) is 18.2 Å². The number of aliphatic carboxylic acids is 1. The number of carboxylic acid groups (broad SMARTS) is 1. The molecule has 78 valence electrons. The van der Waals surface area contributed by atoms with Crippen molar-refractivity contribution < 1.29 is 14.7 Å². The van der Waals surface area contributed by atoms with E-state index >= 15 is 0 Å². The minimum atomic E-state index is -1.38. The highest BCUT2D eigenvalue weighted by molar-refractivity contribution is 6.03. The Morgan fingerprint density at radius 3 is 2.33 bits per heavy atom. The van der Waals surface area contributed by atoms with Crippen molar-refractivity contribution in [1.82, 2.24) is 0 Å². The van der Waals surface area contributed by atoms with Crippen molar-refractivity contribution in [1.29, 1.82) is 0 Å². The number of likely N-dealkylation sites (N-methyl/N-ethyl adjacent to an activating group) is 1. The van der Waals surface area contributed by atoms with E-state index in [2.05, 4.69) is 0 Å². The summed E-state index contributed by atoms with van der Waals surface area (Å²) in [6, 6.07) is 8.93. The number of nitrogens with zero attached hydrogens (tertiary/aromatic N) is 1. The average molecular weight is 204 g/mol. The van der Waals surface area contributed by atoms with Crippen LogP contribution >= 0.6 is 0 Å². The number of carboxylic acids is 1. The normalized spacial score (nSPS) is 10.2. The predicted molar refractivity (Wildman–Crippen MR) is 54.0 cm³/mol. The van der Waals surface area contributed by atoms with Gasteiger partial charge < -0.3 is 14.8 Å². The van der Waals surface area contributed by atoms with Crippen LogP contribution in [0.4, 0.5) is 5.69 Å². The second kappa shape index (κ2) is 4.95. The third-order valence-corrected chi connectivity index (χ3v) is 1.84. The number of hydrogen-bond acceptors (Lipinski definition) is 3. The van der Waals surface area contributed by atoms with Gasteiger partial charge in [-0.05, 0) is 18.2 Å². The van der Waals surface area contributed by atoms with Crippen LogP contribution in [0.3, 0.4) is 0 Å². The molecule has 0 unspecified atom stereocenters. The van der Waals surface area contributed by atoms with E-state index in [0.29, 0.717) is 11.8 Å². The van der Waals surface area contributed by atoms with Gasteiger partial charge in [0.05, 0.1) is 5.97 Å². The van der Waals surface area contributed by atoms with Gasteiger partial charge in [0.1, 0.15) is 0 Å². The van der Waals surface area contributed by atoms with Crippen molar-refractivity contribution in [2.24, 2.45) is 0 Å². The summed E-state index contributed by atoms with van der Waals surface area (Å²) in [7, 11) is 1.57. The van der Waals surface area contributed by atoms with Crippen LogP contribution in [0, 0.1) is 0 Å². The van der Waals surface area contributed by atoms with E-state index in [4.69, 9.17) is 0 Å². The minimum absolute atomic E-state index is 0.412. The lowest BCUT2D eigenvalue weighted by Gasteiger charge is -2.14. The van der Waals surface area contributed by atoms with Gasteiger partial charge in [0.2, 0.25) is 0 Å². The molecule has 1 aromatic carbocycles. The molecule has 0 fully saturated rings. The number of rotatable bonds is 3. The van der Waals surface area contributed by atoms with Gasteiger partial charge in [-0.3, -0.25) is 4.79 Å². The summed E-state index contributed by atoms with van der Waals surface area (Å²) in [5, 5.41) is 10.1. The van der Waals surface area contributed by atoms with E-state index in [0.717, 1.165) is 6.08 Å². The van der Waals surface area contributed by atoms with Gasteiger partial charge in [-0.25, -0.2) is 0 Å². The monoisotopic (exact) mass is 204 g/mol. The Hall–Kier alpha value is -2.10. The van der Waals surface area contributed by atoms with Gasteiger partial charge in [-0.2, -0.15) is 0 Å². The Kier molecular flexibility index (Phi) is 3.62. The Balaban J connectivity index is 2.74. The summed E-state index contributed by atoms with van der Waals surface area (Å²) in [4.78, 5) is 22.8. The summed E-state index contributed by atoms with van der Waals surface area (Å²) in [6.45, 7) is 0. The maximum absolute atomic E-state index is 11.4. The standard InChI is InChI=1S/C11H11NO3/c1-12(9-5-3-2-4-6-9)10(13)7-8-11(14)15/h2-8H,1H3,(H,14,15)/p-1/b8-7+. The molecule has 0 bridgehead atoms. The Bertz CT molecular complexity index is 384. The fourth-order valence-electron chi connectivity index (χ4n) is 1.03. The van der Waals surface area contributed by atoms with Crippen LogP contribution in [-0.4, -0.2) is 18.9 Å². The average Bonchev–Trinajstić information content (AvgIpc) is 2.26. The molecule has 0 saturated carbocycles. The van der Waals surface area contributed by atoms with Gasteiger partial charge in [0.15, 0.2) is 0 Å². The Labute approximate surface area is 87.4 Å². The number of amides is 1. The van der Waals surface area contributed by atoms with Crippen molar-refractivity contribution in [3.05, 3.63) is 42.5 Å². The molecular weight excluding hydrogens is 194 g/mol. The first-order chi connectivity index (χ1) is 7.11. The SMILES string of the molecule is CN(C(=O)/C=C/C(=O)[O-])c1ccccc1. The molecular formula is C11H10NO3-. The van der Waals surface area contributed by atoms with E-state index in [9.17, 15) is 14.7 Å². The highest BCUT2D eigenvalue weighted by atomic mass is 16.4. The van der Waals surface area contributed by atoms with Crippen molar-refractivity contribution in [3.8, 4) is 0 Å². The zero-order chi connectivity index (χ0) is 11.3. The fourth-order valence-corrected chi connectivity index (χ4v) is 1.03.